The van der Waals surface area contributed by atoms with E-state index in [0.29, 0.717) is 39.7 Å². The summed E-state index contributed by atoms with van der Waals surface area (Å²) in [5.41, 5.74) is 0.980. The first kappa shape index (κ1) is 23.0. The van der Waals surface area contributed by atoms with Crippen LogP contribution in [0.3, 0.4) is 0 Å². The van der Waals surface area contributed by atoms with Crippen molar-refractivity contribution in [3.05, 3.63) is 80.6 Å². The van der Waals surface area contributed by atoms with Crippen molar-refractivity contribution in [2.75, 3.05) is 12.3 Å². The third-order valence-corrected chi connectivity index (χ3v) is 6.90. The van der Waals surface area contributed by atoms with Gasteiger partial charge >= 0.3 is 0 Å². The Kier molecular flexibility index (Phi) is 6.20. The fraction of sp³-hybridized carbons (Fsp3) is 0.304. The number of carbonyl (C=O) groups excluding carboxylic acids is 1. The van der Waals surface area contributed by atoms with E-state index in [4.69, 9.17) is 0 Å². The van der Waals surface area contributed by atoms with Gasteiger partial charge < -0.3 is 5.32 Å². The molecule has 1 aromatic carbocycles. The van der Waals surface area contributed by atoms with Crippen LogP contribution < -0.4 is 16.4 Å². The van der Waals surface area contributed by atoms with E-state index in [0.717, 1.165) is 0 Å². The Labute approximate surface area is 202 Å². The molecule has 0 aliphatic carbocycles. The maximum absolute atomic E-state index is 14.0. The zero-order valence-electron chi connectivity index (χ0n) is 18.8. The van der Waals surface area contributed by atoms with Crippen molar-refractivity contribution < 1.29 is 9.18 Å². The lowest BCUT2D eigenvalue weighted by atomic mass is 10.2. The van der Waals surface area contributed by atoms with Gasteiger partial charge in [-0.2, -0.15) is 5.10 Å². The van der Waals surface area contributed by atoms with E-state index in [-0.39, 0.29) is 48.4 Å². The molecule has 3 aromatic heterocycles. The molecule has 1 aliphatic heterocycles. The minimum Gasteiger partial charge on any atom is -0.354 e. The van der Waals surface area contributed by atoms with Gasteiger partial charge in [-0.15, -0.1) is 0 Å². The van der Waals surface area contributed by atoms with E-state index < -0.39 is 0 Å². The van der Waals surface area contributed by atoms with Gasteiger partial charge in [0.1, 0.15) is 17.5 Å². The van der Waals surface area contributed by atoms with Crippen LogP contribution in [0.1, 0.15) is 23.7 Å². The normalized spacial score (nSPS) is 14.9. The number of aryl methyl sites for hydroxylation is 1. The third-order valence-electron chi connectivity index (χ3n) is 5.81. The number of fused-ring (bicyclic) bond motifs is 2. The second-order valence-corrected chi connectivity index (χ2v) is 9.27. The quantitative estimate of drug-likeness (QED) is 0.386. The molecule has 1 amide bonds. The van der Waals surface area contributed by atoms with Crippen molar-refractivity contribution in [2.24, 2.45) is 0 Å². The number of hydrogen-bond donors (Lipinski definition) is 1. The third kappa shape index (κ3) is 4.61. The number of rotatable bonds is 7. The van der Waals surface area contributed by atoms with E-state index in [2.05, 4.69) is 20.4 Å². The number of hydrogen-bond acceptors (Lipinski definition) is 7. The molecule has 12 heteroatoms. The molecule has 0 saturated heterocycles. The van der Waals surface area contributed by atoms with Crippen molar-refractivity contribution in [1.82, 2.24) is 34.2 Å². The van der Waals surface area contributed by atoms with Crippen molar-refractivity contribution in [3.63, 3.8) is 0 Å². The van der Waals surface area contributed by atoms with Gasteiger partial charge in [0.25, 0.3) is 11.1 Å². The predicted molar refractivity (Wildman–Crippen MR) is 128 cm³/mol. The summed E-state index contributed by atoms with van der Waals surface area (Å²) in [6.45, 7) is 2.44. The summed E-state index contributed by atoms with van der Waals surface area (Å²) in [6.07, 6.45) is 2.97. The maximum atomic E-state index is 14.0. The Morgan fingerprint density at radius 1 is 1.29 bits per heavy atom. The zero-order chi connectivity index (χ0) is 24.5. The summed E-state index contributed by atoms with van der Waals surface area (Å²) >= 11 is 1.47. The molecule has 1 atom stereocenters. The topological polar surface area (TPSA) is 117 Å². The van der Waals surface area contributed by atoms with E-state index in [1.807, 2.05) is 0 Å². The van der Waals surface area contributed by atoms with Gasteiger partial charge in [-0.05, 0) is 13.0 Å². The fourth-order valence-corrected chi connectivity index (χ4v) is 5.28. The molecule has 1 aliphatic rings. The van der Waals surface area contributed by atoms with E-state index in [9.17, 15) is 18.8 Å². The minimum absolute atomic E-state index is 0.0659. The highest BCUT2D eigenvalue weighted by atomic mass is 32.2. The number of halogens is 1. The lowest BCUT2D eigenvalue weighted by molar-refractivity contribution is -0.121. The van der Waals surface area contributed by atoms with Gasteiger partial charge in [0, 0.05) is 36.0 Å². The average molecular weight is 496 g/mol. The van der Waals surface area contributed by atoms with Gasteiger partial charge in [-0.3, -0.25) is 23.5 Å². The van der Waals surface area contributed by atoms with Gasteiger partial charge in [0.15, 0.2) is 10.8 Å². The van der Waals surface area contributed by atoms with Crippen LogP contribution in [-0.4, -0.2) is 47.1 Å². The largest absolute Gasteiger partial charge is 0.354 e. The Bertz CT molecular complexity index is 1540. The van der Waals surface area contributed by atoms with Crippen LogP contribution in [0.5, 0.6) is 0 Å². The standard InChI is InChI=1S/C23H22FN7O3S/c1-14-8-20(33)31-16(12-35-23(31)28-14)9-19(32)25-6-7-30-21-17(10-27-30)22(34)29(13-26-21)11-15-4-2-3-5-18(15)24/h2-5,8,10,13,16H,6-7,9,11-12H2,1H3,(H,25,32)/t16-/m1/s1. The van der Waals surface area contributed by atoms with Crippen molar-refractivity contribution >= 4 is 28.7 Å². The van der Waals surface area contributed by atoms with Crippen LogP contribution in [-0.2, 0) is 17.9 Å². The smallest absolute Gasteiger partial charge is 0.264 e. The van der Waals surface area contributed by atoms with Crippen molar-refractivity contribution in [3.8, 4) is 0 Å². The molecule has 0 saturated carbocycles. The van der Waals surface area contributed by atoms with Crippen LogP contribution in [0, 0.1) is 12.7 Å². The molecule has 4 aromatic rings. The van der Waals surface area contributed by atoms with Crippen LogP contribution in [0.2, 0.25) is 0 Å². The predicted octanol–water partition coefficient (Wildman–Crippen LogP) is 1.50. The molecular formula is C23H22FN7O3S. The molecule has 1 N–H and O–H groups in total. The minimum atomic E-state index is -0.387. The van der Waals surface area contributed by atoms with E-state index in [1.165, 1.54) is 41.0 Å². The molecule has 0 unspecified atom stereocenters. The van der Waals surface area contributed by atoms with Crippen molar-refractivity contribution in [1.29, 1.82) is 0 Å². The molecule has 0 radical (unpaired) electrons. The first-order valence-corrected chi connectivity index (χ1v) is 12.0. The number of carbonyl (C=O) groups is 1. The second kappa shape index (κ2) is 9.45. The fourth-order valence-electron chi connectivity index (χ4n) is 4.08. The molecule has 4 heterocycles. The Balaban J connectivity index is 1.22. The maximum Gasteiger partial charge on any atom is 0.264 e. The monoisotopic (exact) mass is 495 g/mol. The summed E-state index contributed by atoms with van der Waals surface area (Å²) in [5, 5.41) is 8.03. The first-order valence-electron chi connectivity index (χ1n) is 11.0. The van der Waals surface area contributed by atoms with Crippen LogP contribution >= 0.6 is 11.8 Å². The van der Waals surface area contributed by atoms with Gasteiger partial charge in [0.05, 0.1) is 25.3 Å². The Morgan fingerprint density at radius 2 is 2.11 bits per heavy atom. The summed E-state index contributed by atoms with van der Waals surface area (Å²) in [7, 11) is 0. The molecule has 0 bridgehead atoms. The molecule has 0 fully saturated rings. The summed E-state index contributed by atoms with van der Waals surface area (Å²) in [6, 6.07) is 7.50. The number of aromatic nitrogens is 6. The van der Waals surface area contributed by atoms with Crippen LogP contribution in [0.4, 0.5) is 4.39 Å². The Hall–Kier alpha value is -3.80. The number of amides is 1. The zero-order valence-corrected chi connectivity index (χ0v) is 19.7. The van der Waals surface area contributed by atoms with Crippen LogP contribution in [0.15, 0.2) is 57.6 Å². The molecule has 35 heavy (non-hydrogen) atoms. The summed E-state index contributed by atoms with van der Waals surface area (Å²) in [4.78, 5) is 46.3. The molecule has 180 valence electrons. The highest BCUT2D eigenvalue weighted by Gasteiger charge is 2.27. The number of nitrogens with zero attached hydrogens (tertiary/aromatic N) is 6. The number of benzene rings is 1. The van der Waals surface area contributed by atoms with Gasteiger partial charge in [0.2, 0.25) is 5.91 Å². The van der Waals surface area contributed by atoms with Gasteiger partial charge in [-0.25, -0.2) is 19.0 Å². The SMILES string of the molecule is Cc1cc(=O)n2c(n1)SC[C@H]2CC(=O)NCCn1ncc2c(=O)n(Cc3ccccc3F)cnc21. The highest BCUT2D eigenvalue weighted by molar-refractivity contribution is 7.99. The lowest BCUT2D eigenvalue weighted by Gasteiger charge is -2.13. The number of thioether (sulfide) groups is 1. The molecular weight excluding hydrogens is 473 g/mol. The average Bonchev–Trinajstić information content (AvgIpc) is 3.41. The summed E-state index contributed by atoms with van der Waals surface area (Å²) in [5.74, 6) is 0.0425. The summed E-state index contributed by atoms with van der Waals surface area (Å²) < 4.78 is 18.4. The van der Waals surface area contributed by atoms with Gasteiger partial charge in [-0.1, -0.05) is 30.0 Å². The molecule has 10 nitrogen and oxygen atoms in total. The Morgan fingerprint density at radius 3 is 2.94 bits per heavy atom. The first-order chi connectivity index (χ1) is 16.9. The van der Waals surface area contributed by atoms with Crippen molar-refractivity contribution in [2.45, 2.75) is 37.6 Å². The highest BCUT2D eigenvalue weighted by Crippen LogP contribution is 2.31. The second-order valence-electron chi connectivity index (χ2n) is 8.28. The number of nitrogens with one attached hydrogen (secondary N) is 1. The van der Waals surface area contributed by atoms with E-state index >= 15 is 0 Å². The van der Waals surface area contributed by atoms with Crippen LogP contribution in [0.25, 0.3) is 11.0 Å². The van der Waals surface area contributed by atoms with E-state index in [1.54, 1.807) is 34.4 Å². The lowest BCUT2D eigenvalue weighted by Crippen LogP contribution is -2.32. The molecule has 5 rings (SSSR count). The molecule has 0 spiro atoms.